The van der Waals surface area contributed by atoms with Gasteiger partial charge in [0.2, 0.25) is 5.95 Å². The van der Waals surface area contributed by atoms with Crippen molar-refractivity contribution in [2.75, 3.05) is 50.1 Å². The quantitative estimate of drug-likeness (QED) is 0.456. The number of aryl methyl sites for hydroxylation is 1. The van der Waals surface area contributed by atoms with Gasteiger partial charge in [0.05, 0.1) is 13.7 Å². The number of benzene rings is 1. The average molecular weight is 477 g/mol. The molecule has 0 unspecified atom stereocenters. The summed E-state index contributed by atoms with van der Waals surface area (Å²) in [5.41, 5.74) is 1.67. The number of rotatable bonds is 7. The van der Waals surface area contributed by atoms with Crippen LogP contribution in [0.5, 0.6) is 0 Å². The number of ether oxygens (including phenoxy) is 1. The Labute approximate surface area is 195 Å². The summed E-state index contributed by atoms with van der Waals surface area (Å²) in [6.07, 6.45) is 1.49. The number of piperazine rings is 1. The molecule has 2 N–H and O–H groups in total. The molecule has 0 aliphatic carbocycles. The molecule has 0 atom stereocenters. The van der Waals surface area contributed by atoms with Gasteiger partial charge in [0.25, 0.3) is 10.0 Å². The maximum atomic E-state index is 12.7. The summed E-state index contributed by atoms with van der Waals surface area (Å²) in [7, 11) is -2.38. The number of carbonyl (C=O) groups is 1. The summed E-state index contributed by atoms with van der Waals surface area (Å²) in [6, 6.07) is 7.79. The molecule has 1 aliphatic heterocycles. The third-order valence-electron chi connectivity index (χ3n) is 5.06. The Morgan fingerprint density at radius 3 is 2.33 bits per heavy atom. The van der Waals surface area contributed by atoms with Crippen molar-refractivity contribution in [3.8, 4) is 0 Å². The van der Waals surface area contributed by atoms with E-state index in [-0.39, 0.29) is 16.9 Å². The zero-order valence-corrected chi connectivity index (χ0v) is 20.6. The van der Waals surface area contributed by atoms with E-state index in [2.05, 4.69) is 29.8 Å². The lowest BCUT2D eigenvalue weighted by atomic mass is 10.1. The maximum Gasteiger partial charge on any atom is 0.319 e. The largest absolute Gasteiger partial charge is 0.468 e. The Morgan fingerprint density at radius 2 is 1.76 bits per heavy atom. The SMILES string of the molecule is COC(=O)CN1CCN(c2ccc(Nc3ncc(C)c(S(=O)(=O)NC(C)(C)C)n3)cc2)CC1. The van der Waals surface area contributed by atoms with Gasteiger partial charge in [-0.15, -0.1) is 0 Å². The van der Waals surface area contributed by atoms with E-state index in [9.17, 15) is 13.2 Å². The van der Waals surface area contributed by atoms with Crippen molar-refractivity contribution in [3.63, 3.8) is 0 Å². The van der Waals surface area contributed by atoms with Gasteiger partial charge in [0, 0.05) is 54.9 Å². The molecule has 1 aromatic carbocycles. The van der Waals surface area contributed by atoms with Crippen molar-refractivity contribution in [1.29, 1.82) is 0 Å². The van der Waals surface area contributed by atoms with Crippen molar-refractivity contribution in [2.24, 2.45) is 0 Å². The summed E-state index contributed by atoms with van der Waals surface area (Å²) in [5.74, 6) is -0.0126. The number of aromatic nitrogens is 2. The molecule has 1 fully saturated rings. The second-order valence-corrected chi connectivity index (χ2v) is 10.6. The van der Waals surface area contributed by atoms with Gasteiger partial charge in [-0.25, -0.2) is 18.1 Å². The zero-order chi connectivity index (χ0) is 24.2. The zero-order valence-electron chi connectivity index (χ0n) is 19.8. The monoisotopic (exact) mass is 476 g/mol. The first-order chi connectivity index (χ1) is 15.5. The highest BCUT2D eigenvalue weighted by Crippen LogP contribution is 2.22. The predicted octanol–water partition coefficient (Wildman–Crippen LogP) is 1.90. The predicted molar refractivity (Wildman–Crippen MR) is 127 cm³/mol. The highest BCUT2D eigenvalue weighted by atomic mass is 32.2. The summed E-state index contributed by atoms with van der Waals surface area (Å²) >= 11 is 0. The van der Waals surface area contributed by atoms with Crippen LogP contribution in [0.25, 0.3) is 0 Å². The van der Waals surface area contributed by atoms with E-state index in [1.165, 1.54) is 13.3 Å². The molecule has 0 spiro atoms. The van der Waals surface area contributed by atoms with E-state index < -0.39 is 15.6 Å². The maximum absolute atomic E-state index is 12.7. The summed E-state index contributed by atoms with van der Waals surface area (Å²) < 4.78 is 32.8. The second-order valence-electron chi connectivity index (χ2n) is 9.05. The van der Waals surface area contributed by atoms with Crippen molar-refractivity contribution in [2.45, 2.75) is 38.3 Å². The van der Waals surface area contributed by atoms with E-state index in [0.717, 1.165) is 37.6 Å². The van der Waals surface area contributed by atoms with Crippen LogP contribution in [0.1, 0.15) is 26.3 Å². The van der Waals surface area contributed by atoms with Crippen molar-refractivity contribution in [1.82, 2.24) is 19.6 Å². The first kappa shape index (κ1) is 24.9. The van der Waals surface area contributed by atoms with Crippen LogP contribution in [-0.4, -0.2) is 74.6 Å². The van der Waals surface area contributed by atoms with E-state index in [1.807, 2.05) is 24.3 Å². The van der Waals surface area contributed by atoms with Crippen molar-refractivity contribution in [3.05, 3.63) is 36.0 Å². The van der Waals surface area contributed by atoms with Crippen molar-refractivity contribution < 1.29 is 17.9 Å². The number of nitrogens with one attached hydrogen (secondary N) is 2. The Morgan fingerprint density at radius 1 is 1.12 bits per heavy atom. The fourth-order valence-electron chi connectivity index (χ4n) is 3.51. The number of nitrogens with zero attached hydrogens (tertiary/aromatic N) is 4. The number of carbonyl (C=O) groups excluding carboxylic acids is 1. The lowest BCUT2D eigenvalue weighted by Crippen LogP contribution is -2.48. The molecule has 11 heteroatoms. The fourth-order valence-corrected chi connectivity index (χ4v) is 5.09. The summed E-state index contributed by atoms with van der Waals surface area (Å²) in [4.78, 5) is 24.2. The van der Waals surface area contributed by atoms with Gasteiger partial charge in [-0.1, -0.05) is 0 Å². The first-order valence-electron chi connectivity index (χ1n) is 10.8. The number of anilines is 3. The van der Waals surface area contributed by atoms with Crippen molar-refractivity contribution >= 4 is 33.3 Å². The van der Waals surface area contributed by atoms with Gasteiger partial charge in [0.15, 0.2) is 5.03 Å². The van der Waals surface area contributed by atoms with Crippen LogP contribution < -0.4 is 14.9 Å². The van der Waals surface area contributed by atoms with E-state index >= 15 is 0 Å². The van der Waals surface area contributed by atoms with E-state index in [0.29, 0.717) is 12.1 Å². The number of methoxy groups -OCH3 is 1. The minimum absolute atomic E-state index is 0.0450. The molecule has 2 heterocycles. The highest BCUT2D eigenvalue weighted by molar-refractivity contribution is 7.89. The first-order valence-corrected chi connectivity index (χ1v) is 12.2. The van der Waals surface area contributed by atoms with Crippen LogP contribution in [0.4, 0.5) is 17.3 Å². The Balaban J connectivity index is 1.65. The van der Waals surface area contributed by atoms with Crippen LogP contribution in [0, 0.1) is 6.92 Å². The third kappa shape index (κ3) is 6.86. The highest BCUT2D eigenvalue weighted by Gasteiger charge is 2.26. The molecule has 0 radical (unpaired) electrons. The summed E-state index contributed by atoms with van der Waals surface area (Å²) in [5, 5.41) is 3.03. The van der Waals surface area contributed by atoms with Crippen LogP contribution in [0.15, 0.2) is 35.5 Å². The average Bonchev–Trinajstić information content (AvgIpc) is 2.74. The minimum Gasteiger partial charge on any atom is -0.468 e. The standard InChI is InChI=1S/C22H32N6O4S/c1-16-14-23-21(25-20(16)33(30,31)26-22(2,3)4)24-17-6-8-18(9-7-17)28-12-10-27(11-13-28)15-19(29)32-5/h6-9,14,26H,10-13,15H2,1-5H3,(H,23,24,25). The van der Waals surface area contributed by atoms with Crippen LogP contribution in [-0.2, 0) is 19.6 Å². The molecule has 2 aromatic rings. The number of sulfonamides is 1. The van der Waals surface area contributed by atoms with Crippen LogP contribution in [0.2, 0.25) is 0 Å². The van der Waals surface area contributed by atoms with Gasteiger partial charge in [0.1, 0.15) is 0 Å². The van der Waals surface area contributed by atoms with E-state index in [1.54, 1.807) is 27.7 Å². The molecule has 180 valence electrons. The van der Waals surface area contributed by atoms with Gasteiger partial charge in [-0.3, -0.25) is 9.69 Å². The molecule has 0 amide bonds. The Bertz CT molecular complexity index is 1080. The third-order valence-corrected chi connectivity index (χ3v) is 6.87. The molecule has 1 saturated heterocycles. The lowest BCUT2D eigenvalue weighted by Gasteiger charge is -2.35. The van der Waals surface area contributed by atoms with Crippen LogP contribution >= 0.6 is 0 Å². The normalized spacial score (nSPS) is 15.4. The Hall–Kier alpha value is -2.76. The fraction of sp³-hybridized carbons (Fsp3) is 0.500. The molecular formula is C22H32N6O4S. The molecule has 0 saturated carbocycles. The minimum atomic E-state index is -3.78. The molecule has 10 nitrogen and oxygen atoms in total. The van der Waals surface area contributed by atoms with Gasteiger partial charge in [-0.2, -0.15) is 4.98 Å². The smallest absolute Gasteiger partial charge is 0.319 e. The topological polar surface area (TPSA) is 117 Å². The number of hydrogen-bond acceptors (Lipinski definition) is 9. The van der Waals surface area contributed by atoms with Gasteiger partial charge >= 0.3 is 5.97 Å². The van der Waals surface area contributed by atoms with Gasteiger partial charge < -0.3 is 15.0 Å². The second kappa shape index (κ2) is 10.0. The molecular weight excluding hydrogens is 444 g/mol. The van der Waals surface area contributed by atoms with Crippen LogP contribution in [0.3, 0.4) is 0 Å². The lowest BCUT2D eigenvalue weighted by molar-refractivity contribution is -0.142. The molecule has 1 aliphatic rings. The summed E-state index contributed by atoms with van der Waals surface area (Å²) in [6.45, 7) is 10.5. The molecule has 1 aromatic heterocycles. The molecule has 3 rings (SSSR count). The number of hydrogen-bond donors (Lipinski definition) is 2. The van der Waals surface area contributed by atoms with Gasteiger partial charge in [-0.05, 0) is 52.0 Å². The van der Waals surface area contributed by atoms with E-state index in [4.69, 9.17) is 4.74 Å². The number of esters is 1. The molecule has 0 bridgehead atoms. The Kier molecular flexibility index (Phi) is 7.55. The molecule has 33 heavy (non-hydrogen) atoms.